The first-order chi connectivity index (χ1) is 7.96. The molecule has 1 aromatic carbocycles. The average Bonchev–Trinajstić information content (AvgIpc) is 2.26. The molecule has 0 aliphatic heterocycles. The Morgan fingerprint density at radius 3 is 2.59 bits per heavy atom. The zero-order valence-electron chi connectivity index (χ0n) is 10.2. The van der Waals surface area contributed by atoms with Crippen LogP contribution in [-0.4, -0.2) is 5.78 Å². The second-order valence-electron chi connectivity index (χ2n) is 5.22. The van der Waals surface area contributed by atoms with Gasteiger partial charge in [0.15, 0.2) is 5.78 Å². The van der Waals surface area contributed by atoms with Crippen molar-refractivity contribution in [3.05, 3.63) is 34.9 Å². The van der Waals surface area contributed by atoms with E-state index in [0.29, 0.717) is 17.4 Å². The molecule has 0 radical (unpaired) electrons. The monoisotopic (exact) mass is 251 g/mol. The van der Waals surface area contributed by atoms with Crippen molar-refractivity contribution in [1.29, 1.82) is 0 Å². The van der Waals surface area contributed by atoms with Gasteiger partial charge in [0, 0.05) is 11.4 Å². The smallest absolute Gasteiger partial charge is 0.157 e. The lowest BCUT2D eigenvalue weighted by Gasteiger charge is -2.41. The van der Waals surface area contributed by atoms with Crippen molar-refractivity contribution in [2.75, 3.05) is 0 Å². The average molecular weight is 252 g/mol. The fourth-order valence-electron chi connectivity index (χ4n) is 2.85. The number of carbonyl (C=O) groups is 1. The highest BCUT2D eigenvalue weighted by molar-refractivity contribution is 6.31. The van der Waals surface area contributed by atoms with Crippen molar-refractivity contribution in [3.8, 4) is 0 Å². The van der Waals surface area contributed by atoms with Gasteiger partial charge in [0.25, 0.3) is 0 Å². The summed E-state index contributed by atoms with van der Waals surface area (Å²) in [6.45, 7) is 4.14. The van der Waals surface area contributed by atoms with E-state index >= 15 is 0 Å². The lowest BCUT2D eigenvalue weighted by atomic mass is 9.66. The molecule has 3 atom stereocenters. The Bertz CT molecular complexity index is 446. The summed E-state index contributed by atoms with van der Waals surface area (Å²) in [5, 5.41) is 0.588. The molecule has 1 saturated carbocycles. The summed E-state index contributed by atoms with van der Waals surface area (Å²) >= 11 is 6.18. The minimum absolute atomic E-state index is 0.108. The molecule has 2 N–H and O–H groups in total. The lowest BCUT2D eigenvalue weighted by Crippen LogP contribution is -2.54. The number of ketones is 1. The van der Waals surface area contributed by atoms with Gasteiger partial charge in [-0.2, -0.15) is 0 Å². The fraction of sp³-hybridized carbons (Fsp3) is 0.500. The van der Waals surface area contributed by atoms with E-state index in [9.17, 15) is 4.79 Å². The minimum Gasteiger partial charge on any atom is -0.315 e. The van der Waals surface area contributed by atoms with Gasteiger partial charge < -0.3 is 5.73 Å². The van der Waals surface area contributed by atoms with Crippen LogP contribution in [0.4, 0.5) is 0 Å². The van der Waals surface area contributed by atoms with E-state index in [1.54, 1.807) is 6.07 Å². The van der Waals surface area contributed by atoms with Gasteiger partial charge in [-0.15, -0.1) is 0 Å². The van der Waals surface area contributed by atoms with Crippen LogP contribution in [0.2, 0.25) is 5.02 Å². The molecule has 17 heavy (non-hydrogen) atoms. The Labute approximate surface area is 107 Å². The number of rotatable bonds is 1. The number of hydrogen-bond acceptors (Lipinski definition) is 2. The van der Waals surface area contributed by atoms with Gasteiger partial charge in [0.05, 0.1) is 0 Å². The van der Waals surface area contributed by atoms with Gasteiger partial charge in [-0.3, -0.25) is 4.79 Å². The largest absolute Gasteiger partial charge is 0.315 e. The van der Waals surface area contributed by atoms with Crippen molar-refractivity contribution in [3.63, 3.8) is 0 Å². The van der Waals surface area contributed by atoms with Crippen LogP contribution in [0, 0.1) is 11.8 Å². The summed E-state index contributed by atoms with van der Waals surface area (Å²) in [7, 11) is 0. The summed E-state index contributed by atoms with van der Waals surface area (Å²) in [5.74, 6) is 0.646. The molecule has 1 aliphatic rings. The van der Waals surface area contributed by atoms with Gasteiger partial charge in [0.1, 0.15) is 5.54 Å². The van der Waals surface area contributed by atoms with Gasteiger partial charge in [0.2, 0.25) is 0 Å². The molecule has 0 unspecified atom stereocenters. The Balaban J connectivity index is 2.48. The number of Topliss-reactive ketones (excluding diaryl/α,β-unsaturated/α-hetero) is 1. The molecule has 0 bridgehead atoms. The summed E-state index contributed by atoms with van der Waals surface area (Å²) in [5.41, 5.74) is 6.25. The van der Waals surface area contributed by atoms with Crippen LogP contribution in [0.3, 0.4) is 0 Å². The zero-order chi connectivity index (χ0) is 12.6. The second-order valence-corrected chi connectivity index (χ2v) is 5.63. The molecule has 0 spiro atoms. The SMILES string of the molecule is C[C@@H]1CC(=O)[C@](N)(c2ccccc2Cl)[C@H](C)C1. The second kappa shape index (κ2) is 4.43. The molecule has 0 amide bonds. The van der Waals surface area contributed by atoms with Gasteiger partial charge in [-0.25, -0.2) is 0 Å². The van der Waals surface area contributed by atoms with Crippen LogP contribution >= 0.6 is 11.6 Å². The highest BCUT2D eigenvalue weighted by atomic mass is 35.5. The maximum Gasteiger partial charge on any atom is 0.157 e. The third kappa shape index (κ3) is 2.00. The highest BCUT2D eigenvalue weighted by Gasteiger charge is 2.46. The third-order valence-corrected chi connectivity index (χ3v) is 4.18. The molecule has 0 saturated heterocycles. The first-order valence-corrected chi connectivity index (χ1v) is 6.41. The Morgan fingerprint density at radius 1 is 1.35 bits per heavy atom. The van der Waals surface area contributed by atoms with Crippen LogP contribution in [0.15, 0.2) is 24.3 Å². The number of benzene rings is 1. The van der Waals surface area contributed by atoms with Crippen LogP contribution in [0.5, 0.6) is 0 Å². The number of halogens is 1. The van der Waals surface area contributed by atoms with E-state index in [0.717, 1.165) is 12.0 Å². The predicted molar refractivity (Wildman–Crippen MR) is 69.9 cm³/mol. The minimum atomic E-state index is -0.912. The number of nitrogens with two attached hydrogens (primary N) is 1. The summed E-state index contributed by atoms with van der Waals surface area (Å²) in [4.78, 5) is 12.3. The van der Waals surface area contributed by atoms with Crippen molar-refractivity contribution in [1.82, 2.24) is 0 Å². The quantitative estimate of drug-likeness (QED) is 0.833. The number of hydrogen-bond donors (Lipinski definition) is 1. The highest BCUT2D eigenvalue weighted by Crippen LogP contribution is 2.41. The lowest BCUT2D eigenvalue weighted by molar-refractivity contribution is -0.130. The molecule has 0 aromatic heterocycles. The molecule has 1 aliphatic carbocycles. The Hall–Kier alpha value is -0.860. The third-order valence-electron chi connectivity index (χ3n) is 3.85. The molecule has 0 heterocycles. The van der Waals surface area contributed by atoms with Crippen LogP contribution in [0.25, 0.3) is 0 Å². The molecular formula is C14H18ClNO. The van der Waals surface area contributed by atoms with E-state index < -0.39 is 5.54 Å². The van der Waals surface area contributed by atoms with E-state index in [2.05, 4.69) is 6.92 Å². The predicted octanol–water partition coefficient (Wildman–Crippen LogP) is 3.13. The molecule has 2 rings (SSSR count). The standard InChI is InChI=1S/C14H18ClNO/c1-9-7-10(2)14(16,13(17)8-9)11-5-3-4-6-12(11)15/h3-6,9-10H,7-8,16H2,1-2H3/t9-,10+,14+/m0/s1. The first kappa shape index (κ1) is 12.6. The van der Waals surface area contributed by atoms with Gasteiger partial charge >= 0.3 is 0 Å². The Morgan fingerprint density at radius 2 is 2.00 bits per heavy atom. The van der Waals surface area contributed by atoms with Gasteiger partial charge in [-0.1, -0.05) is 43.6 Å². The van der Waals surface area contributed by atoms with E-state index in [-0.39, 0.29) is 11.7 Å². The first-order valence-electron chi connectivity index (χ1n) is 6.03. The van der Waals surface area contributed by atoms with Crippen LogP contribution < -0.4 is 5.73 Å². The van der Waals surface area contributed by atoms with Crippen LogP contribution in [0.1, 0.15) is 32.3 Å². The molecule has 1 fully saturated rings. The molecule has 1 aromatic rings. The van der Waals surface area contributed by atoms with Crippen molar-refractivity contribution < 1.29 is 4.79 Å². The summed E-state index contributed by atoms with van der Waals surface area (Å²) in [6, 6.07) is 7.40. The van der Waals surface area contributed by atoms with E-state index in [4.69, 9.17) is 17.3 Å². The van der Waals surface area contributed by atoms with Crippen molar-refractivity contribution >= 4 is 17.4 Å². The topological polar surface area (TPSA) is 43.1 Å². The zero-order valence-corrected chi connectivity index (χ0v) is 11.0. The van der Waals surface area contributed by atoms with Crippen LogP contribution in [-0.2, 0) is 10.3 Å². The summed E-state index contributed by atoms with van der Waals surface area (Å²) < 4.78 is 0. The number of carbonyl (C=O) groups excluding carboxylic acids is 1. The Kier molecular flexibility index (Phi) is 3.28. The molecular weight excluding hydrogens is 234 g/mol. The van der Waals surface area contributed by atoms with Crippen molar-refractivity contribution in [2.45, 2.75) is 32.2 Å². The fourth-order valence-corrected chi connectivity index (χ4v) is 3.14. The molecule has 3 heteroatoms. The summed E-state index contributed by atoms with van der Waals surface area (Å²) in [6.07, 6.45) is 1.51. The van der Waals surface area contributed by atoms with Gasteiger partial charge in [-0.05, 0) is 29.9 Å². The molecule has 92 valence electrons. The van der Waals surface area contributed by atoms with Crippen molar-refractivity contribution in [2.24, 2.45) is 17.6 Å². The maximum atomic E-state index is 12.3. The van der Waals surface area contributed by atoms with E-state index in [1.165, 1.54) is 0 Å². The maximum absolute atomic E-state index is 12.3. The van der Waals surface area contributed by atoms with E-state index in [1.807, 2.05) is 25.1 Å². The normalized spacial score (nSPS) is 33.8. The molecule has 2 nitrogen and oxygen atoms in total.